The highest BCUT2D eigenvalue weighted by Crippen LogP contribution is 2.09. The molecule has 1 rings (SSSR count). The fourth-order valence-corrected chi connectivity index (χ4v) is 1.44. The Morgan fingerprint density at radius 2 is 1.65 bits per heavy atom. The van der Waals surface area contributed by atoms with Crippen molar-refractivity contribution in [3.8, 4) is 11.8 Å². The monoisotopic (exact) mass is 290 g/mol. The molecule has 0 unspecified atom stereocenters. The van der Waals surface area contributed by atoms with Crippen molar-refractivity contribution >= 4 is 27.5 Å². The average Bonchev–Trinajstić information content (AvgIpc) is 2.25. The van der Waals surface area contributed by atoms with Crippen molar-refractivity contribution in [2.45, 2.75) is 13.8 Å². The zero-order valence-electron chi connectivity index (χ0n) is 9.58. The standard InChI is InChI=1S/C14H11BrO2/c1-10(16)14(11(2)17)5-3-4-12-6-8-13(15)9-7-12/h5-9H,1-2H3. The number of carbonyl (C=O) groups excluding carboxylic acids is 2. The van der Waals surface area contributed by atoms with E-state index in [0.717, 1.165) is 10.0 Å². The third-order valence-electron chi connectivity index (χ3n) is 2.04. The van der Waals surface area contributed by atoms with E-state index in [1.807, 2.05) is 24.3 Å². The Balaban J connectivity index is 2.92. The molecule has 0 saturated carbocycles. The van der Waals surface area contributed by atoms with Gasteiger partial charge in [0.1, 0.15) is 0 Å². The minimum Gasteiger partial charge on any atom is -0.294 e. The lowest BCUT2D eigenvalue weighted by Gasteiger charge is -1.93. The van der Waals surface area contributed by atoms with Crippen LogP contribution in [0.3, 0.4) is 0 Å². The van der Waals surface area contributed by atoms with Gasteiger partial charge >= 0.3 is 0 Å². The van der Waals surface area contributed by atoms with Crippen molar-refractivity contribution in [2.24, 2.45) is 0 Å². The molecule has 0 saturated heterocycles. The second-order valence-electron chi connectivity index (χ2n) is 3.45. The van der Waals surface area contributed by atoms with Crippen molar-refractivity contribution in [2.75, 3.05) is 0 Å². The summed E-state index contributed by atoms with van der Waals surface area (Å²) in [4.78, 5) is 22.2. The van der Waals surface area contributed by atoms with E-state index in [9.17, 15) is 9.59 Å². The van der Waals surface area contributed by atoms with E-state index in [1.165, 1.54) is 19.9 Å². The van der Waals surface area contributed by atoms with E-state index in [2.05, 4.69) is 27.8 Å². The molecule has 3 heteroatoms. The number of rotatable bonds is 2. The number of carbonyl (C=O) groups is 2. The first kappa shape index (κ1) is 13.4. The van der Waals surface area contributed by atoms with Crippen molar-refractivity contribution < 1.29 is 9.59 Å². The summed E-state index contributed by atoms with van der Waals surface area (Å²) in [5.74, 6) is 5.05. The minimum absolute atomic E-state index is 0.134. The Morgan fingerprint density at radius 1 is 1.12 bits per heavy atom. The number of ketones is 2. The zero-order chi connectivity index (χ0) is 12.8. The van der Waals surface area contributed by atoms with Gasteiger partial charge in [-0.25, -0.2) is 0 Å². The first-order chi connectivity index (χ1) is 8.00. The van der Waals surface area contributed by atoms with E-state index in [0.29, 0.717) is 0 Å². The largest absolute Gasteiger partial charge is 0.294 e. The van der Waals surface area contributed by atoms with Gasteiger partial charge in [0, 0.05) is 16.1 Å². The van der Waals surface area contributed by atoms with Crippen molar-refractivity contribution in [1.82, 2.24) is 0 Å². The molecule has 0 aromatic heterocycles. The molecule has 0 aliphatic rings. The molecule has 0 radical (unpaired) electrons. The highest BCUT2D eigenvalue weighted by molar-refractivity contribution is 9.10. The number of allylic oxidation sites excluding steroid dienone is 2. The number of Topliss-reactive ketones (excluding diaryl/α,β-unsaturated/α-hetero) is 2. The Morgan fingerprint density at radius 3 is 2.12 bits per heavy atom. The van der Waals surface area contributed by atoms with Gasteiger partial charge in [-0.3, -0.25) is 9.59 Å². The van der Waals surface area contributed by atoms with Crippen molar-refractivity contribution in [1.29, 1.82) is 0 Å². The summed E-state index contributed by atoms with van der Waals surface area (Å²) in [7, 11) is 0. The fraction of sp³-hybridized carbons (Fsp3) is 0.143. The quantitative estimate of drug-likeness (QED) is 0.363. The lowest BCUT2D eigenvalue weighted by atomic mass is 10.1. The molecule has 0 amide bonds. The van der Waals surface area contributed by atoms with Crippen molar-refractivity contribution in [3.05, 3.63) is 46.0 Å². The molecule has 0 fully saturated rings. The molecule has 86 valence electrons. The van der Waals surface area contributed by atoms with Crippen LogP contribution in [0.5, 0.6) is 0 Å². The predicted molar refractivity (Wildman–Crippen MR) is 70.5 cm³/mol. The van der Waals surface area contributed by atoms with Gasteiger partial charge in [0.15, 0.2) is 11.6 Å². The third-order valence-corrected chi connectivity index (χ3v) is 2.56. The topological polar surface area (TPSA) is 34.1 Å². The lowest BCUT2D eigenvalue weighted by molar-refractivity contribution is -0.119. The maximum atomic E-state index is 11.1. The maximum absolute atomic E-state index is 11.1. The number of halogens is 1. The second-order valence-corrected chi connectivity index (χ2v) is 4.36. The van der Waals surface area contributed by atoms with Crippen LogP contribution in [-0.4, -0.2) is 11.6 Å². The van der Waals surface area contributed by atoms with Gasteiger partial charge in [0.2, 0.25) is 0 Å². The van der Waals surface area contributed by atoms with Crippen LogP contribution < -0.4 is 0 Å². The molecule has 0 aliphatic heterocycles. The van der Waals surface area contributed by atoms with E-state index < -0.39 is 0 Å². The van der Waals surface area contributed by atoms with Crippen LogP contribution in [-0.2, 0) is 9.59 Å². The van der Waals surface area contributed by atoms with Gasteiger partial charge in [-0.1, -0.05) is 27.8 Å². The van der Waals surface area contributed by atoms with Crippen LogP contribution in [0.25, 0.3) is 0 Å². The van der Waals surface area contributed by atoms with Crippen LogP contribution in [0.1, 0.15) is 19.4 Å². The molecule has 2 nitrogen and oxygen atoms in total. The number of hydrogen-bond acceptors (Lipinski definition) is 2. The minimum atomic E-state index is -0.261. The molecule has 0 heterocycles. The summed E-state index contributed by atoms with van der Waals surface area (Å²) in [6.07, 6.45) is 1.37. The Hall–Kier alpha value is -1.66. The Kier molecular flexibility index (Phi) is 4.86. The Labute approximate surface area is 109 Å². The SMILES string of the molecule is CC(=O)C(=CC#Cc1ccc(Br)cc1)C(C)=O. The normalized spacial score (nSPS) is 8.88. The molecule has 0 N–H and O–H groups in total. The van der Waals surface area contributed by atoms with Gasteiger partial charge in [-0.15, -0.1) is 0 Å². The number of hydrogen-bond donors (Lipinski definition) is 0. The summed E-state index contributed by atoms with van der Waals surface area (Å²) in [5, 5.41) is 0. The van der Waals surface area contributed by atoms with Crippen LogP contribution in [0, 0.1) is 11.8 Å². The molecular weight excluding hydrogens is 280 g/mol. The predicted octanol–water partition coefficient (Wildman–Crippen LogP) is 2.91. The average molecular weight is 291 g/mol. The fourth-order valence-electron chi connectivity index (χ4n) is 1.18. The zero-order valence-corrected chi connectivity index (χ0v) is 11.2. The summed E-state index contributed by atoms with van der Waals surface area (Å²) >= 11 is 3.33. The van der Waals surface area contributed by atoms with Crippen LogP contribution in [0.4, 0.5) is 0 Å². The Bertz CT molecular complexity index is 512. The first-order valence-corrected chi connectivity index (χ1v) is 5.79. The molecule has 0 bridgehead atoms. The van der Waals surface area contributed by atoms with E-state index in [-0.39, 0.29) is 17.1 Å². The van der Waals surface area contributed by atoms with Gasteiger partial charge in [-0.05, 0) is 38.1 Å². The molecule has 17 heavy (non-hydrogen) atoms. The van der Waals surface area contributed by atoms with Gasteiger partial charge in [-0.2, -0.15) is 0 Å². The first-order valence-electron chi connectivity index (χ1n) is 5.00. The van der Waals surface area contributed by atoms with E-state index in [1.54, 1.807) is 0 Å². The smallest absolute Gasteiger partial charge is 0.164 e. The second kappa shape index (κ2) is 6.17. The van der Waals surface area contributed by atoms with Gasteiger partial charge in [0.05, 0.1) is 5.57 Å². The highest BCUT2D eigenvalue weighted by Gasteiger charge is 2.07. The maximum Gasteiger partial charge on any atom is 0.164 e. The summed E-state index contributed by atoms with van der Waals surface area (Å²) in [6, 6.07) is 7.47. The molecule has 0 aliphatic carbocycles. The molecule has 1 aromatic rings. The van der Waals surface area contributed by atoms with E-state index >= 15 is 0 Å². The molecule has 0 spiro atoms. The van der Waals surface area contributed by atoms with Crippen molar-refractivity contribution in [3.63, 3.8) is 0 Å². The lowest BCUT2D eigenvalue weighted by Crippen LogP contribution is -2.05. The van der Waals surface area contributed by atoms with Crippen LogP contribution >= 0.6 is 15.9 Å². The summed E-state index contributed by atoms with van der Waals surface area (Å²) < 4.78 is 0.978. The molecule has 1 aromatic carbocycles. The van der Waals surface area contributed by atoms with E-state index in [4.69, 9.17) is 0 Å². The summed E-state index contributed by atoms with van der Waals surface area (Å²) in [6.45, 7) is 2.71. The molecule has 0 atom stereocenters. The highest BCUT2D eigenvalue weighted by atomic mass is 79.9. The van der Waals surface area contributed by atoms with Crippen LogP contribution in [0.2, 0.25) is 0 Å². The molecular formula is C14H11BrO2. The van der Waals surface area contributed by atoms with Gasteiger partial charge < -0.3 is 0 Å². The number of benzene rings is 1. The van der Waals surface area contributed by atoms with Crippen LogP contribution in [0.15, 0.2) is 40.4 Å². The van der Waals surface area contributed by atoms with Gasteiger partial charge in [0.25, 0.3) is 0 Å². The third kappa shape index (κ3) is 4.38. The summed E-state index contributed by atoms with van der Waals surface area (Å²) in [5.41, 5.74) is 0.963.